The first-order valence-electron chi connectivity index (χ1n) is 7.77. The van der Waals surface area contributed by atoms with Crippen LogP contribution in [0.5, 0.6) is 5.75 Å². The fourth-order valence-electron chi connectivity index (χ4n) is 2.50. The van der Waals surface area contributed by atoms with E-state index in [2.05, 4.69) is 10.1 Å². The minimum atomic E-state index is -2.84. The van der Waals surface area contributed by atoms with Gasteiger partial charge in [0.1, 0.15) is 5.75 Å². The van der Waals surface area contributed by atoms with Gasteiger partial charge in [0.05, 0.1) is 12.5 Å². The predicted molar refractivity (Wildman–Crippen MR) is 90.2 cm³/mol. The highest BCUT2D eigenvalue weighted by Gasteiger charge is 2.26. The second kappa shape index (κ2) is 8.77. The lowest BCUT2D eigenvalue weighted by molar-refractivity contribution is -0.149. The van der Waals surface area contributed by atoms with Crippen LogP contribution in [0.25, 0.3) is 0 Å². The van der Waals surface area contributed by atoms with Crippen molar-refractivity contribution in [1.82, 2.24) is 4.90 Å². The molecule has 0 amide bonds. The van der Waals surface area contributed by atoms with Crippen LogP contribution in [-0.2, 0) is 9.53 Å². The van der Waals surface area contributed by atoms with E-state index in [1.165, 1.54) is 12.1 Å². The number of carbonyl (C=O) groups excluding carboxylic acids is 1. The fraction of sp³-hybridized carbons (Fsp3) is 0.500. The number of nitrogens with zero attached hydrogens (tertiary/aromatic N) is 1. The Morgan fingerprint density at radius 3 is 2.50 bits per heavy atom. The molecule has 5 nitrogen and oxygen atoms in total. The minimum absolute atomic E-state index is 0.0743. The van der Waals surface area contributed by atoms with E-state index in [-0.39, 0.29) is 17.6 Å². The Morgan fingerprint density at radius 1 is 1.33 bits per heavy atom. The van der Waals surface area contributed by atoms with Gasteiger partial charge in [-0.2, -0.15) is 8.78 Å². The summed E-state index contributed by atoms with van der Waals surface area (Å²) < 4.78 is 33.6. The number of piperidine rings is 1. The van der Waals surface area contributed by atoms with Gasteiger partial charge in [0.15, 0.2) is 5.11 Å². The fourth-order valence-corrected chi connectivity index (χ4v) is 2.80. The molecule has 1 aromatic rings. The van der Waals surface area contributed by atoms with Crippen LogP contribution < -0.4 is 10.1 Å². The molecule has 0 aromatic heterocycles. The van der Waals surface area contributed by atoms with E-state index < -0.39 is 6.61 Å². The van der Waals surface area contributed by atoms with Gasteiger partial charge >= 0.3 is 12.6 Å². The molecule has 1 saturated heterocycles. The molecule has 0 bridgehead atoms. The Morgan fingerprint density at radius 2 is 1.96 bits per heavy atom. The number of nitrogens with one attached hydrogen (secondary N) is 1. The molecule has 0 aliphatic carbocycles. The van der Waals surface area contributed by atoms with Crippen LogP contribution in [0.15, 0.2) is 24.3 Å². The Kier molecular flexibility index (Phi) is 6.72. The van der Waals surface area contributed by atoms with Crippen molar-refractivity contribution in [1.29, 1.82) is 0 Å². The van der Waals surface area contributed by atoms with E-state index in [0.717, 1.165) is 0 Å². The maximum absolute atomic E-state index is 12.1. The van der Waals surface area contributed by atoms with E-state index >= 15 is 0 Å². The number of hydrogen-bond donors (Lipinski definition) is 1. The van der Waals surface area contributed by atoms with Crippen molar-refractivity contribution < 1.29 is 23.0 Å². The van der Waals surface area contributed by atoms with Crippen LogP contribution in [0, 0.1) is 5.92 Å². The molecule has 0 spiro atoms. The summed E-state index contributed by atoms with van der Waals surface area (Å²) in [7, 11) is 0. The number of thiocarbonyl (C=S) groups is 1. The number of hydrogen-bond acceptors (Lipinski definition) is 4. The van der Waals surface area contributed by atoms with Gasteiger partial charge < -0.3 is 19.7 Å². The van der Waals surface area contributed by atoms with Gasteiger partial charge in [0.25, 0.3) is 0 Å². The molecule has 1 aliphatic rings. The molecule has 24 heavy (non-hydrogen) atoms. The first kappa shape index (κ1) is 18.4. The van der Waals surface area contributed by atoms with E-state index in [1.807, 2.05) is 4.90 Å². The predicted octanol–water partition coefficient (Wildman–Crippen LogP) is 3.26. The highest BCUT2D eigenvalue weighted by atomic mass is 32.1. The molecule has 0 atom stereocenters. The molecule has 1 heterocycles. The van der Waals surface area contributed by atoms with Crippen molar-refractivity contribution in [2.45, 2.75) is 26.4 Å². The summed E-state index contributed by atoms with van der Waals surface area (Å²) in [5.74, 6) is -0.128. The molecule has 8 heteroatoms. The first-order chi connectivity index (χ1) is 11.5. The standard InChI is InChI=1S/C16H20F2N2O3S/c1-2-22-14(21)11-7-9-20(10-8-11)16(24)19-12-3-5-13(6-4-12)23-15(17)18/h3-6,11,15H,2,7-10H2,1H3,(H,19,24). The van der Waals surface area contributed by atoms with Gasteiger partial charge in [0, 0.05) is 18.8 Å². The number of ether oxygens (including phenoxy) is 2. The molecule has 1 N–H and O–H groups in total. The van der Waals surface area contributed by atoms with Crippen molar-refractivity contribution in [2.75, 3.05) is 25.0 Å². The zero-order chi connectivity index (χ0) is 17.5. The Bertz CT molecular complexity index is 561. The number of rotatable bonds is 5. The number of halogens is 2. The summed E-state index contributed by atoms with van der Waals surface area (Å²) in [6.45, 7) is 0.684. The van der Waals surface area contributed by atoms with E-state index in [0.29, 0.717) is 43.3 Å². The van der Waals surface area contributed by atoms with Crippen molar-refractivity contribution in [3.05, 3.63) is 24.3 Å². The van der Waals surface area contributed by atoms with Gasteiger partial charge in [-0.1, -0.05) is 0 Å². The smallest absolute Gasteiger partial charge is 0.387 e. The molecule has 132 valence electrons. The second-order valence-corrected chi connectivity index (χ2v) is 5.73. The molecule has 0 unspecified atom stereocenters. The summed E-state index contributed by atoms with van der Waals surface area (Å²) in [5, 5.41) is 3.60. The molecule has 1 aromatic carbocycles. The van der Waals surface area contributed by atoms with Crippen LogP contribution in [0.3, 0.4) is 0 Å². The zero-order valence-electron chi connectivity index (χ0n) is 13.3. The van der Waals surface area contributed by atoms with E-state index in [9.17, 15) is 13.6 Å². The topological polar surface area (TPSA) is 50.8 Å². The number of esters is 1. The Labute approximate surface area is 144 Å². The van der Waals surface area contributed by atoms with Crippen molar-refractivity contribution in [3.63, 3.8) is 0 Å². The summed E-state index contributed by atoms with van der Waals surface area (Å²) in [6, 6.07) is 6.14. The largest absolute Gasteiger partial charge is 0.466 e. The van der Waals surface area contributed by atoms with E-state index in [1.54, 1.807) is 19.1 Å². The van der Waals surface area contributed by atoms with Crippen molar-refractivity contribution in [2.24, 2.45) is 5.92 Å². The average Bonchev–Trinajstić information content (AvgIpc) is 2.56. The number of carbonyl (C=O) groups is 1. The third-order valence-electron chi connectivity index (χ3n) is 3.73. The van der Waals surface area contributed by atoms with Gasteiger partial charge in [-0.3, -0.25) is 4.79 Å². The quantitative estimate of drug-likeness (QED) is 0.644. The molecule has 0 saturated carbocycles. The van der Waals surface area contributed by atoms with Gasteiger partial charge in [0.2, 0.25) is 0 Å². The Hall–Kier alpha value is -1.96. The summed E-state index contributed by atoms with van der Waals surface area (Å²) in [4.78, 5) is 13.7. The number of likely N-dealkylation sites (tertiary alicyclic amines) is 1. The van der Waals surface area contributed by atoms with Crippen LogP contribution in [0.4, 0.5) is 14.5 Å². The van der Waals surface area contributed by atoms with Gasteiger partial charge in [-0.15, -0.1) is 0 Å². The monoisotopic (exact) mass is 358 g/mol. The lowest BCUT2D eigenvalue weighted by Crippen LogP contribution is -2.42. The lowest BCUT2D eigenvalue weighted by Gasteiger charge is -2.32. The molecular formula is C16H20F2N2O3S. The third kappa shape index (κ3) is 5.30. The molecule has 1 aliphatic heterocycles. The van der Waals surface area contributed by atoms with Crippen LogP contribution in [-0.4, -0.2) is 42.3 Å². The van der Waals surface area contributed by atoms with E-state index in [4.69, 9.17) is 17.0 Å². The molecule has 2 rings (SSSR count). The summed E-state index contributed by atoms with van der Waals surface area (Å²) >= 11 is 5.36. The van der Waals surface area contributed by atoms with Crippen LogP contribution in [0.2, 0.25) is 0 Å². The first-order valence-corrected chi connectivity index (χ1v) is 8.18. The second-order valence-electron chi connectivity index (χ2n) is 5.35. The van der Waals surface area contributed by atoms with Gasteiger partial charge in [-0.05, 0) is 56.2 Å². The maximum atomic E-state index is 12.1. The minimum Gasteiger partial charge on any atom is -0.466 e. The van der Waals surface area contributed by atoms with Gasteiger partial charge in [-0.25, -0.2) is 0 Å². The van der Waals surface area contributed by atoms with Crippen molar-refractivity contribution in [3.8, 4) is 5.75 Å². The number of anilines is 1. The lowest BCUT2D eigenvalue weighted by atomic mass is 9.97. The normalized spacial score (nSPS) is 15.2. The third-order valence-corrected chi connectivity index (χ3v) is 4.09. The highest BCUT2D eigenvalue weighted by molar-refractivity contribution is 7.80. The highest BCUT2D eigenvalue weighted by Crippen LogP contribution is 2.21. The van der Waals surface area contributed by atoms with Crippen LogP contribution >= 0.6 is 12.2 Å². The van der Waals surface area contributed by atoms with Crippen LogP contribution in [0.1, 0.15) is 19.8 Å². The number of alkyl halides is 2. The number of benzene rings is 1. The Balaban J connectivity index is 1.82. The maximum Gasteiger partial charge on any atom is 0.387 e. The average molecular weight is 358 g/mol. The SMILES string of the molecule is CCOC(=O)C1CCN(C(=S)Nc2ccc(OC(F)F)cc2)CC1. The molecular weight excluding hydrogens is 338 g/mol. The molecule has 1 fully saturated rings. The van der Waals surface area contributed by atoms with Crippen molar-refractivity contribution >= 4 is 29.0 Å². The zero-order valence-corrected chi connectivity index (χ0v) is 14.2. The summed E-state index contributed by atoms with van der Waals surface area (Å²) in [6.07, 6.45) is 1.39. The summed E-state index contributed by atoms with van der Waals surface area (Å²) in [5.41, 5.74) is 0.689. The molecule has 0 radical (unpaired) electrons.